The van der Waals surface area contributed by atoms with E-state index in [1.807, 2.05) is 0 Å². The van der Waals surface area contributed by atoms with Crippen LogP contribution >= 0.6 is 11.6 Å². The first-order valence-electron chi connectivity index (χ1n) is 6.96. The third-order valence-corrected chi connectivity index (χ3v) is 3.79. The van der Waals surface area contributed by atoms with Crippen LogP contribution in [0.2, 0.25) is 5.15 Å². The number of carbonyl (C=O) groups is 2. The normalized spacial score (nSPS) is 18.6. The maximum Gasteiger partial charge on any atom is 0.259 e. The van der Waals surface area contributed by atoms with Gasteiger partial charge in [0.05, 0.1) is 12.1 Å². The van der Waals surface area contributed by atoms with Crippen molar-refractivity contribution < 1.29 is 18.4 Å². The van der Waals surface area contributed by atoms with E-state index in [1.54, 1.807) is 7.05 Å². The number of aromatic nitrogens is 2. The number of amides is 2. The van der Waals surface area contributed by atoms with Crippen LogP contribution in [0.25, 0.3) is 0 Å². The van der Waals surface area contributed by atoms with Crippen molar-refractivity contribution in [2.24, 2.45) is 7.05 Å². The molecule has 2 heterocycles. The van der Waals surface area contributed by atoms with Gasteiger partial charge in [-0.1, -0.05) is 11.6 Å². The van der Waals surface area contributed by atoms with Gasteiger partial charge in [0.25, 0.3) is 12.3 Å². The number of piperidine rings is 1. The molecule has 1 fully saturated rings. The summed E-state index contributed by atoms with van der Waals surface area (Å²) in [6, 6.07) is -0.753. The Kier molecular flexibility index (Phi) is 5.33. The van der Waals surface area contributed by atoms with Crippen LogP contribution in [0.15, 0.2) is 6.20 Å². The van der Waals surface area contributed by atoms with E-state index in [0.717, 1.165) is 12.8 Å². The van der Waals surface area contributed by atoms with Crippen LogP contribution in [-0.4, -0.2) is 52.1 Å². The van der Waals surface area contributed by atoms with Crippen LogP contribution in [0.3, 0.4) is 0 Å². The van der Waals surface area contributed by atoms with Gasteiger partial charge in [0, 0.05) is 19.8 Å². The Balaban J connectivity index is 2.13. The molecule has 0 bridgehead atoms. The van der Waals surface area contributed by atoms with Gasteiger partial charge in [-0.25, -0.2) is 8.78 Å². The molecule has 6 nitrogen and oxygen atoms in total. The van der Waals surface area contributed by atoms with E-state index in [9.17, 15) is 18.4 Å². The average Bonchev–Trinajstić information content (AvgIpc) is 2.82. The molecule has 0 unspecified atom stereocenters. The number of aryl methyl sites for hydroxylation is 1. The van der Waals surface area contributed by atoms with E-state index in [4.69, 9.17) is 11.6 Å². The molecule has 1 aromatic rings. The van der Waals surface area contributed by atoms with Crippen molar-refractivity contribution in [1.82, 2.24) is 20.0 Å². The summed E-state index contributed by atoms with van der Waals surface area (Å²) in [7, 11) is 1.63. The molecular formula is C13H17ClF2N4O2. The Morgan fingerprint density at radius 2 is 2.23 bits per heavy atom. The van der Waals surface area contributed by atoms with E-state index in [0.29, 0.717) is 13.0 Å². The zero-order valence-electron chi connectivity index (χ0n) is 12.1. The first-order valence-corrected chi connectivity index (χ1v) is 7.34. The molecule has 2 rings (SSSR count). The number of halogens is 3. The van der Waals surface area contributed by atoms with Gasteiger partial charge < -0.3 is 10.2 Å². The Morgan fingerprint density at radius 1 is 1.50 bits per heavy atom. The maximum atomic E-state index is 12.5. The highest BCUT2D eigenvalue weighted by Gasteiger charge is 2.34. The summed E-state index contributed by atoms with van der Waals surface area (Å²) in [5.74, 6) is -0.969. The molecular weight excluding hydrogens is 318 g/mol. The summed E-state index contributed by atoms with van der Waals surface area (Å²) in [5, 5.41) is 6.12. The molecule has 1 atom stereocenters. The Morgan fingerprint density at radius 3 is 2.82 bits per heavy atom. The van der Waals surface area contributed by atoms with Crippen molar-refractivity contribution in [3.05, 3.63) is 16.9 Å². The van der Waals surface area contributed by atoms with Gasteiger partial charge in [-0.2, -0.15) is 5.10 Å². The van der Waals surface area contributed by atoms with Gasteiger partial charge >= 0.3 is 0 Å². The minimum Gasteiger partial charge on any atom is -0.349 e. The topological polar surface area (TPSA) is 67.2 Å². The summed E-state index contributed by atoms with van der Waals surface area (Å²) in [4.78, 5) is 26.0. The lowest BCUT2D eigenvalue weighted by Gasteiger charge is -2.34. The highest BCUT2D eigenvalue weighted by molar-refractivity contribution is 6.32. The van der Waals surface area contributed by atoms with E-state index >= 15 is 0 Å². The molecule has 0 aromatic carbocycles. The fourth-order valence-corrected chi connectivity index (χ4v) is 2.75. The zero-order chi connectivity index (χ0) is 16.3. The number of nitrogens with one attached hydrogen (secondary N) is 1. The number of hydrogen-bond donors (Lipinski definition) is 1. The van der Waals surface area contributed by atoms with Gasteiger partial charge in [0.1, 0.15) is 6.04 Å². The lowest BCUT2D eigenvalue weighted by atomic mass is 10.0. The predicted molar refractivity (Wildman–Crippen MR) is 75.9 cm³/mol. The van der Waals surface area contributed by atoms with Crippen LogP contribution in [0, 0.1) is 0 Å². The van der Waals surface area contributed by atoms with Crippen LogP contribution in [0.4, 0.5) is 8.78 Å². The van der Waals surface area contributed by atoms with Crippen LogP contribution in [0.5, 0.6) is 0 Å². The van der Waals surface area contributed by atoms with Crippen molar-refractivity contribution in [2.75, 3.05) is 13.1 Å². The van der Waals surface area contributed by atoms with Crippen molar-refractivity contribution in [3.8, 4) is 0 Å². The number of carbonyl (C=O) groups excluding carboxylic acids is 2. The van der Waals surface area contributed by atoms with E-state index in [-0.39, 0.29) is 10.7 Å². The lowest BCUT2D eigenvalue weighted by Crippen LogP contribution is -2.52. The molecule has 0 spiro atoms. The largest absolute Gasteiger partial charge is 0.349 e. The van der Waals surface area contributed by atoms with Crippen LogP contribution in [0.1, 0.15) is 29.6 Å². The fourth-order valence-electron chi connectivity index (χ4n) is 2.50. The number of rotatable bonds is 4. The SMILES string of the molecule is Cn1cc(C(=O)N2CCCC[C@H]2C(=O)NCC(F)F)c(Cl)n1. The summed E-state index contributed by atoms with van der Waals surface area (Å²) in [6.07, 6.45) is 0.815. The standard InChI is InChI=1S/C13H17ClF2N4O2/c1-19-7-8(11(14)18-19)13(22)20-5-3-2-4-9(20)12(21)17-6-10(15)16/h7,9-10H,2-6H2,1H3,(H,17,21)/t9-/m0/s1. The molecule has 122 valence electrons. The Labute approximate surface area is 131 Å². The average molecular weight is 335 g/mol. The second kappa shape index (κ2) is 7.04. The summed E-state index contributed by atoms with van der Waals surface area (Å²) in [6.45, 7) is -0.332. The van der Waals surface area contributed by atoms with Gasteiger partial charge in [-0.05, 0) is 19.3 Å². The Hall–Kier alpha value is -1.70. The van der Waals surface area contributed by atoms with Gasteiger partial charge in [-0.15, -0.1) is 0 Å². The molecule has 1 N–H and O–H groups in total. The van der Waals surface area contributed by atoms with E-state index in [1.165, 1.54) is 15.8 Å². The first kappa shape index (κ1) is 16.7. The summed E-state index contributed by atoms with van der Waals surface area (Å²) in [5.41, 5.74) is 0.206. The molecule has 0 aliphatic carbocycles. The highest BCUT2D eigenvalue weighted by Crippen LogP contribution is 2.22. The number of likely N-dealkylation sites (tertiary alicyclic amines) is 1. The second-order valence-corrected chi connectivity index (χ2v) is 5.51. The van der Waals surface area contributed by atoms with Crippen LogP contribution in [-0.2, 0) is 11.8 Å². The van der Waals surface area contributed by atoms with E-state index < -0.39 is 30.8 Å². The third kappa shape index (κ3) is 3.73. The minimum absolute atomic E-state index is 0.0600. The monoisotopic (exact) mass is 334 g/mol. The van der Waals surface area contributed by atoms with E-state index in [2.05, 4.69) is 10.4 Å². The molecule has 1 aliphatic rings. The maximum absolute atomic E-state index is 12.5. The quantitative estimate of drug-likeness (QED) is 0.906. The summed E-state index contributed by atoms with van der Waals surface area (Å²) < 4.78 is 25.8. The van der Waals surface area contributed by atoms with Crippen molar-refractivity contribution in [3.63, 3.8) is 0 Å². The smallest absolute Gasteiger partial charge is 0.259 e. The van der Waals surface area contributed by atoms with Crippen molar-refractivity contribution in [2.45, 2.75) is 31.7 Å². The first-order chi connectivity index (χ1) is 10.4. The number of nitrogens with zero attached hydrogens (tertiary/aromatic N) is 3. The molecule has 1 saturated heterocycles. The van der Waals surface area contributed by atoms with Crippen molar-refractivity contribution in [1.29, 1.82) is 0 Å². The van der Waals surface area contributed by atoms with Gasteiger partial charge in [0.2, 0.25) is 5.91 Å². The molecule has 1 aliphatic heterocycles. The number of hydrogen-bond acceptors (Lipinski definition) is 3. The second-order valence-electron chi connectivity index (χ2n) is 5.15. The number of alkyl halides is 2. The molecule has 0 saturated carbocycles. The molecule has 1 aromatic heterocycles. The molecule has 22 heavy (non-hydrogen) atoms. The molecule has 9 heteroatoms. The third-order valence-electron chi connectivity index (χ3n) is 3.51. The van der Waals surface area contributed by atoms with Crippen molar-refractivity contribution >= 4 is 23.4 Å². The Bertz CT molecular complexity index is 564. The minimum atomic E-state index is -2.62. The zero-order valence-corrected chi connectivity index (χ0v) is 12.8. The fraction of sp³-hybridized carbons (Fsp3) is 0.615. The predicted octanol–water partition coefficient (Wildman–Crippen LogP) is 1.45. The molecule has 0 radical (unpaired) electrons. The highest BCUT2D eigenvalue weighted by atomic mass is 35.5. The van der Waals surface area contributed by atoms with Gasteiger partial charge in [0.15, 0.2) is 5.15 Å². The lowest BCUT2D eigenvalue weighted by molar-refractivity contribution is -0.127. The summed E-state index contributed by atoms with van der Waals surface area (Å²) >= 11 is 5.91. The molecule has 2 amide bonds. The van der Waals surface area contributed by atoms with Crippen LogP contribution < -0.4 is 5.32 Å². The van der Waals surface area contributed by atoms with Gasteiger partial charge in [-0.3, -0.25) is 14.3 Å².